The van der Waals surface area contributed by atoms with E-state index in [0.717, 1.165) is 10.4 Å². The fourth-order valence-corrected chi connectivity index (χ4v) is 4.03. The minimum absolute atomic E-state index is 0.00825. The number of rotatable bonds is 6. The number of piperazine rings is 1. The Kier molecular flexibility index (Phi) is 6.92. The Morgan fingerprint density at radius 3 is 2.59 bits per heavy atom. The van der Waals surface area contributed by atoms with Gasteiger partial charge in [-0.3, -0.25) is 14.4 Å². The van der Waals surface area contributed by atoms with Gasteiger partial charge in [-0.25, -0.2) is 4.79 Å². The zero-order chi connectivity index (χ0) is 20.1. The summed E-state index contributed by atoms with van der Waals surface area (Å²) < 4.78 is 9.43. The third-order valence-corrected chi connectivity index (χ3v) is 5.69. The Bertz CT molecular complexity index is 760. The van der Waals surface area contributed by atoms with Crippen molar-refractivity contribution in [3.63, 3.8) is 0 Å². The molecule has 3 N–H and O–H groups in total. The molecule has 9 nitrogen and oxygen atoms in total. The van der Waals surface area contributed by atoms with Crippen molar-refractivity contribution in [3.8, 4) is 0 Å². The molecule has 1 saturated heterocycles. The van der Waals surface area contributed by atoms with E-state index < -0.39 is 18.0 Å². The molecular weight excluding hydrogens is 374 g/mol. The number of carbonyl (C=O) groups excluding carboxylic acids is 4. The van der Waals surface area contributed by atoms with Crippen molar-refractivity contribution in [1.29, 1.82) is 0 Å². The average molecular weight is 398 g/mol. The van der Waals surface area contributed by atoms with E-state index in [1.54, 1.807) is 6.92 Å². The number of ether oxygens (including phenoxy) is 2. The van der Waals surface area contributed by atoms with Gasteiger partial charge in [-0.1, -0.05) is 0 Å². The smallest absolute Gasteiger partial charge is 0.341 e. The normalized spacial score (nSPS) is 19.2. The molecule has 0 bridgehead atoms. The van der Waals surface area contributed by atoms with E-state index in [1.807, 2.05) is 6.92 Å². The summed E-state index contributed by atoms with van der Waals surface area (Å²) in [6.07, 6.45) is -0.102. The van der Waals surface area contributed by atoms with E-state index >= 15 is 0 Å². The predicted molar refractivity (Wildman–Crippen MR) is 97.9 cm³/mol. The highest BCUT2D eigenvalue weighted by molar-refractivity contribution is 7.16. The van der Waals surface area contributed by atoms with Crippen LogP contribution in [0.25, 0.3) is 0 Å². The Labute approximate surface area is 161 Å². The van der Waals surface area contributed by atoms with E-state index in [4.69, 9.17) is 4.74 Å². The summed E-state index contributed by atoms with van der Waals surface area (Å²) in [7, 11) is 2.54. The first-order chi connectivity index (χ1) is 12.8. The third-order valence-electron chi connectivity index (χ3n) is 4.57. The second-order valence-corrected chi connectivity index (χ2v) is 7.46. The molecule has 2 rings (SSSR count). The van der Waals surface area contributed by atoms with E-state index in [9.17, 15) is 19.2 Å². The van der Waals surface area contributed by atoms with Crippen LogP contribution >= 0.6 is 11.3 Å². The fourth-order valence-electron chi connectivity index (χ4n) is 2.97. The minimum atomic E-state index is -0.691. The lowest BCUT2D eigenvalue weighted by Crippen LogP contribution is -3.20. The topological polar surface area (TPSA) is 115 Å². The van der Waals surface area contributed by atoms with Crippen LogP contribution in [0.4, 0.5) is 5.00 Å². The highest BCUT2D eigenvalue weighted by Gasteiger charge is 2.37. The van der Waals surface area contributed by atoms with E-state index in [1.165, 1.54) is 25.6 Å². The molecule has 10 heteroatoms. The number of quaternary nitrogens is 1. The van der Waals surface area contributed by atoms with Crippen LogP contribution in [0.5, 0.6) is 0 Å². The summed E-state index contributed by atoms with van der Waals surface area (Å²) >= 11 is 1.30. The Morgan fingerprint density at radius 1 is 1.26 bits per heavy atom. The van der Waals surface area contributed by atoms with Gasteiger partial charge in [0, 0.05) is 4.88 Å². The second-order valence-electron chi connectivity index (χ2n) is 6.24. The minimum Gasteiger partial charge on any atom is -0.469 e. The average Bonchev–Trinajstić information content (AvgIpc) is 2.90. The fraction of sp³-hybridized carbons (Fsp3) is 0.529. The van der Waals surface area contributed by atoms with Gasteiger partial charge in [0.25, 0.3) is 11.8 Å². The number of esters is 2. The lowest BCUT2D eigenvalue weighted by atomic mass is 10.1. The molecule has 0 aromatic carbocycles. The van der Waals surface area contributed by atoms with Crippen molar-refractivity contribution in [3.05, 3.63) is 16.0 Å². The first-order valence-electron chi connectivity index (χ1n) is 8.45. The molecule has 2 atom stereocenters. The zero-order valence-corrected chi connectivity index (χ0v) is 16.6. The number of nitrogens with one attached hydrogen (secondary N) is 3. The quantitative estimate of drug-likeness (QED) is 0.532. The van der Waals surface area contributed by atoms with Crippen LogP contribution in [0.15, 0.2) is 0 Å². The van der Waals surface area contributed by atoms with E-state index in [-0.39, 0.29) is 24.8 Å². The maximum Gasteiger partial charge on any atom is 0.341 e. The molecule has 1 unspecified atom stereocenters. The number of methoxy groups -OCH3 is 2. The number of hydrogen-bond donors (Lipinski definition) is 3. The molecule has 0 saturated carbocycles. The first kappa shape index (κ1) is 20.8. The molecule has 0 radical (unpaired) electrons. The summed E-state index contributed by atoms with van der Waals surface area (Å²) in [4.78, 5) is 49.8. The molecule has 0 spiro atoms. The Hall–Kier alpha value is -2.46. The van der Waals surface area contributed by atoms with Crippen molar-refractivity contribution in [1.82, 2.24) is 5.32 Å². The van der Waals surface area contributed by atoms with Crippen molar-refractivity contribution < 1.29 is 33.6 Å². The van der Waals surface area contributed by atoms with Gasteiger partial charge < -0.3 is 25.0 Å². The predicted octanol–water partition coefficient (Wildman–Crippen LogP) is -0.964. The van der Waals surface area contributed by atoms with Gasteiger partial charge in [-0.15, -0.1) is 11.3 Å². The summed E-state index contributed by atoms with van der Waals surface area (Å²) in [6, 6.07) is -0.691. The number of thiophene rings is 1. The molecule has 1 aromatic rings. The molecule has 2 heterocycles. The second kappa shape index (κ2) is 8.96. The maximum absolute atomic E-state index is 12.5. The summed E-state index contributed by atoms with van der Waals surface area (Å²) in [6.45, 7) is 4.57. The Morgan fingerprint density at radius 2 is 1.96 bits per heavy atom. The van der Waals surface area contributed by atoms with Crippen molar-refractivity contribution in [2.45, 2.75) is 26.3 Å². The molecule has 1 aromatic heterocycles. The number of anilines is 1. The highest BCUT2D eigenvalue weighted by atomic mass is 32.1. The van der Waals surface area contributed by atoms with E-state index in [0.29, 0.717) is 28.6 Å². The molecule has 1 fully saturated rings. The largest absolute Gasteiger partial charge is 0.469 e. The lowest BCUT2D eigenvalue weighted by Gasteiger charge is -2.30. The number of aryl methyl sites for hydroxylation is 1. The monoisotopic (exact) mass is 398 g/mol. The van der Waals surface area contributed by atoms with Crippen LogP contribution in [0, 0.1) is 13.8 Å². The van der Waals surface area contributed by atoms with Gasteiger partial charge >= 0.3 is 11.9 Å². The van der Waals surface area contributed by atoms with Crippen molar-refractivity contribution in [2.75, 3.05) is 39.2 Å². The lowest BCUT2D eigenvalue weighted by molar-refractivity contribution is -0.909. The van der Waals surface area contributed by atoms with Gasteiger partial charge in [-0.05, 0) is 19.4 Å². The van der Waals surface area contributed by atoms with Gasteiger partial charge in [0.15, 0.2) is 12.6 Å². The molecule has 27 heavy (non-hydrogen) atoms. The molecule has 1 aliphatic rings. The third kappa shape index (κ3) is 4.83. The molecule has 148 valence electrons. The zero-order valence-electron chi connectivity index (χ0n) is 15.8. The summed E-state index contributed by atoms with van der Waals surface area (Å²) in [5.74, 6) is -1.65. The van der Waals surface area contributed by atoms with Gasteiger partial charge in [-0.2, -0.15) is 0 Å². The van der Waals surface area contributed by atoms with Gasteiger partial charge in [0.2, 0.25) is 0 Å². The van der Waals surface area contributed by atoms with Crippen molar-refractivity contribution >= 4 is 40.1 Å². The molecular formula is C17H24N3O6S+. The van der Waals surface area contributed by atoms with Crippen LogP contribution in [0.2, 0.25) is 0 Å². The van der Waals surface area contributed by atoms with E-state index in [2.05, 4.69) is 15.4 Å². The number of hydrogen-bond acceptors (Lipinski definition) is 7. The number of carbonyl (C=O) groups is 4. The molecule has 1 aliphatic heterocycles. The van der Waals surface area contributed by atoms with Gasteiger partial charge in [0.05, 0.1) is 32.9 Å². The van der Waals surface area contributed by atoms with Crippen LogP contribution < -0.4 is 15.5 Å². The summed E-state index contributed by atoms with van der Waals surface area (Å²) in [5.41, 5.74) is 1.10. The Balaban J connectivity index is 2.12. The summed E-state index contributed by atoms with van der Waals surface area (Å²) in [5, 5.41) is 5.87. The van der Waals surface area contributed by atoms with Gasteiger partial charge in [0.1, 0.15) is 11.4 Å². The van der Waals surface area contributed by atoms with Crippen LogP contribution in [0.1, 0.15) is 27.2 Å². The number of amides is 2. The first-order valence-corrected chi connectivity index (χ1v) is 9.27. The maximum atomic E-state index is 12.5. The van der Waals surface area contributed by atoms with Crippen LogP contribution in [-0.2, 0) is 23.9 Å². The molecule has 2 amide bonds. The van der Waals surface area contributed by atoms with Crippen LogP contribution in [-0.4, -0.2) is 63.6 Å². The SMILES string of the molecule is COC(=O)C[C@H]1C(=O)NCC[NH+]1CC(=O)Nc1sc(C)c(C)c1C(=O)OC. The standard InChI is InChI=1S/C17H23N3O6S/c1-9-10(2)27-16(14(9)17(24)26-4)19-12(21)8-20-6-5-18-15(23)11(20)7-13(22)25-3/h11H,5-8H2,1-4H3,(H,18,23)(H,19,21)/p+1/t11-/m0/s1. The molecule has 0 aliphatic carbocycles. The van der Waals surface area contributed by atoms with Crippen LogP contribution in [0.3, 0.4) is 0 Å². The highest BCUT2D eigenvalue weighted by Crippen LogP contribution is 2.32. The van der Waals surface area contributed by atoms with Crippen molar-refractivity contribution in [2.24, 2.45) is 0 Å².